The molecule has 4 N–H and O–H groups in total. The van der Waals surface area contributed by atoms with Crippen molar-refractivity contribution >= 4 is 46.5 Å². The number of hydrogen-bond acceptors (Lipinski definition) is 10. The summed E-state index contributed by atoms with van der Waals surface area (Å²) in [5.74, 6) is 0.423. The lowest BCUT2D eigenvalue weighted by atomic mass is 10.0. The maximum Gasteiger partial charge on any atom is 0.407 e. The summed E-state index contributed by atoms with van der Waals surface area (Å²) in [5, 5.41) is 33.2. The number of anilines is 4. The fourth-order valence-electron chi connectivity index (χ4n) is 4.26. The number of carbonyl (C=O) groups excluding carboxylic acids is 1. The van der Waals surface area contributed by atoms with Crippen LogP contribution in [0.5, 0.6) is 0 Å². The van der Waals surface area contributed by atoms with Crippen LogP contribution in [0, 0.1) is 11.3 Å². The van der Waals surface area contributed by atoms with Crippen LogP contribution in [0.1, 0.15) is 36.9 Å². The quantitative estimate of drug-likeness (QED) is 0.347. The van der Waals surface area contributed by atoms with Gasteiger partial charge in [-0.25, -0.2) is 18.6 Å². The van der Waals surface area contributed by atoms with E-state index in [2.05, 4.69) is 35.8 Å². The van der Waals surface area contributed by atoms with Gasteiger partial charge in [-0.3, -0.25) is 0 Å². The number of nitrogens with one attached hydrogen (secondary N) is 3. The van der Waals surface area contributed by atoms with E-state index in [1.54, 1.807) is 4.90 Å². The number of nitriles is 1. The van der Waals surface area contributed by atoms with Gasteiger partial charge in [0.1, 0.15) is 6.07 Å². The van der Waals surface area contributed by atoms with Crippen molar-refractivity contribution in [2.75, 3.05) is 35.7 Å². The predicted molar refractivity (Wildman–Crippen MR) is 134 cm³/mol. The molecule has 0 unspecified atom stereocenters. The van der Waals surface area contributed by atoms with Crippen LogP contribution in [0.15, 0.2) is 18.3 Å². The van der Waals surface area contributed by atoms with Crippen molar-refractivity contribution in [1.29, 1.82) is 5.26 Å². The van der Waals surface area contributed by atoms with Crippen molar-refractivity contribution in [3.63, 3.8) is 0 Å². The number of benzene rings is 1. The van der Waals surface area contributed by atoms with Gasteiger partial charge in [-0.1, -0.05) is 11.6 Å². The summed E-state index contributed by atoms with van der Waals surface area (Å²) in [5.41, 5.74) is 0.646. The zero-order valence-corrected chi connectivity index (χ0v) is 20.9. The number of halogens is 3. The number of carbonyl (C=O) groups is 1. The molecule has 1 saturated heterocycles. The molecule has 5 rings (SSSR count). The van der Waals surface area contributed by atoms with Gasteiger partial charge in [0, 0.05) is 24.7 Å². The number of nitrogens with zero attached hydrogens (tertiary/aromatic N) is 6. The van der Waals surface area contributed by atoms with E-state index in [9.17, 15) is 23.9 Å². The molecule has 0 spiro atoms. The van der Waals surface area contributed by atoms with Gasteiger partial charge in [0.05, 0.1) is 41.8 Å². The molecular formula is C23H24ClF2N9O3. The van der Waals surface area contributed by atoms with Gasteiger partial charge in [-0.15, -0.1) is 5.10 Å². The Balaban J connectivity index is 1.47. The molecule has 1 saturated carbocycles. The smallest absolute Gasteiger partial charge is 0.407 e. The second-order valence-corrected chi connectivity index (χ2v) is 9.44. The van der Waals surface area contributed by atoms with Gasteiger partial charge < -0.3 is 30.7 Å². The summed E-state index contributed by atoms with van der Waals surface area (Å²) >= 11 is 6.69. The number of β-amino-alcohol motifs (C(OH)–C–C–N with tert-alkyl or cyclic N) is 1. The lowest BCUT2D eigenvalue weighted by Crippen LogP contribution is -2.54. The van der Waals surface area contributed by atoms with Crippen molar-refractivity contribution in [2.45, 2.75) is 43.9 Å². The molecule has 1 amide bonds. The number of rotatable bonds is 7. The molecule has 15 heteroatoms. The summed E-state index contributed by atoms with van der Waals surface area (Å²) in [6, 6.07) is 4.16. The minimum absolute atomic E-state index is 0.0236. The largest absolute Gasteiger partial charge is 0.453 e. The van der Waals surface area contributed by atoms with Crippen LogP contribution in [0.25, 0.3) is 5.65 Å². The Labute approximate surface area is 220 Å². The molecule has 1 aromatic carbocycles. The number of amides is 1. The summed E-state index contributed by atoms with van der Waals surface area (Å²) in [6.07, 6.45) is -0.818. The standard InChI is InChI=1S/C23H24ClF2N9O3/c1-38-23(37)31-14-4-5-34(10-17(14)36)16-7-11(19(25)26)6-15(18(16)24)30-22-32-20(29-12-2-3-12)21-28-9-13(8-27)35(21)33-22/h6-7,9,12,14,17,19,36H,2-5,10H2,1H3,(H,31,37)(H2,29,30,32,33)/t14-,17-/m1/s1. The summed E-state index contributed by atoms with van der Waals surface area (Å²) in [4.78, 5) is 21.9. The highest BCUT2D eigenvalue weighted by Crippen LogP contribution is 2.39. The molecule has 2 aliphatic rings. The normalized spacial score (nSPS) is 19.3. The second-order valence-electron chi connectivity index (χ2n) is 9.07. The first kappa shape index (κ1) is 25.7. The van der Waals surface area contributed by atoms with Crippen LogP contribution in [0.4, 0.5) is 36.7 Å². The van der Waals surface area contributed by atoms with Crippen molar-refractivity contribution in [1.82, 2.24) is 24.9 Å². The van der Waals surface area contributed by atoms with Crippen molar-refractivity contribution in [3.8, 4) is 6.07 Å². The molecule has 2 aromatic heterocycles. The molecular weight excluding hydrogens is 524 g/mol. The Kier molecular flexibility index (Phi) is 7.04. The van der Waals surface area contributed by atoms with Crippen molar-refractivity contribution in [3.05, 3.63) is 34.6 Å². The third-order valence-electron chi connectivity index (χ3n) is 6.38. The van der Waals surface area contributed by atoms with Crippen LogP contribution in [0.2, 0.25) is 5.02 Å². The van der Waals surface area contributed by atoms with E-state index in [-0.39, 0.29) is 46.2 Å². The minimum atomic E-state index is -2.80. The number of alkyl carbamates (subject to hydrolysis) is 1. The number of methoxy groups -OCH3 is 1. The number of aliphatic hydroxyl groups is 1. The van der Waals surface area contributed by atoms with Gasteiger partial charge in [-0.05, 0) is 31.4 Å². The van der Waals surface area contributed by atoms with E-state index in [1.807, 2.05) is 6.07 Å². The monoisotopic (exact) mass is 547 g/mol. The van der Waals surface area contributed by atoms with Crippen molar-refractivity contribution < 1.29 is 23.4 Å². The average Bonchev–Trinajstić information content (AvgIpc) is 3.62. The maximum atomic E-state index is 13.9. The molecule has 12 nitrogen and oxygen atoms in total. The lowest BCUT2D eigenvalue weighted by molar-refractivity contribution is 0.103. The van der Waals surface area contributed by atoms with Gasteiger partial charge >= 0.3 is 6.09 Å². The molecule has 3 aromatic rings. The molecule has 2 fully saturated rings. The van der Waals surface area contributed by atoms with Crippen molar-refractivity contribution in [2.24, 2.45) is 0 Å². The topological polar surface area (TPSA) is 153 Å². The zero-order chi connectivity index (χ0) is 27.0. The maximum absolute atomic E-state index is 13.9. The lowest BCUT2D eigenvalue weighted by Gasteiger charge is -2.38. The van der Waals surface area contributed by atoms with E-state index in [1.165, 1.54) is 30.0 Å². The molecule has 38 heavy (non-hydrogen) atoms. The Bertz CT molecular complexity index is 1410. The molecule has 0 radical (unpaired) electrons. The Morgan fingerprint density at radius 3 is 2.79 bits per heavy atom. The molecule has 1 aliphatic carbocycles. The molecule has 200 valence electrons. The molecule has 3 heterocycles. The zero-order valence-electron chi connectivity index (χ0n) is 20.2. The van der Waals surface area contributed by atoms with Gasteiger partial charge in [0.2, 0.25) is 5.95 Å². The molecule has 0 bridgehead atoms. The number of imidazole rings is 1. The van der Waals surface area contributed by atoms with Crippen LogP contribution < -0.4 is 20.9 Å². The number of alkyl halides is 2. The van der Waals surface area contributed by atoms with Crippen LogP contribution in [0.3, 0.4) is 0 Å². The Morgan fingerprint density at radius 1 is 1.34 bits per heavy atom. The van der Waals surface area contributed by atoms with Gasteiger partial charge in [0.15, 0.2) is 17.2 Å². The number of aromatic nitrogens is 4. The van der Waals surface area contributed by atoms with E-state index in [4.69, 9.17) is 11.6 Å². The summed E-state index contributed by atoms with van der Waals surface area (Å²) in [7, 11) is 1.22. The first-order valence-corrected chi connectivity index (χ1v) is 12.2. The molecule has 1 aliphatic heterocycles. The third-order valence-corrected chi connectivity index (χ3v) is 6.78. The fraction of sp³-hybridized carbons (Fsp3) is 0.435. The SMILES string of the molecule is COC(=O)N[C@@H]1CCN(c2cc(C(F)F)cc(Nc3nc(NC4CC4)c4ncc(C#N)n4n3)c2Cl)C[C@H]1O. The highest BCUT2D eigenvalue weighted by Gasteiger charge is 2.31. The highest BCUT2D eigenvalue weighted by atomic mass is 35.5. The van der Waals surface area contributed by atoms with E-state index in [0.717, 1.165) is 12.8 Å². The first-order chi connectivity index (χ1) is 18.3. The van der Waals surface area contributed by atoms with Crippen LogP contribution in [-0.2, 0) is 4.74 Å². The predicted octanol–water partition coefficient (Wildman–Crippen LogP) is 3.20. The second kappa shape index (κ2) is 10.4. The summed E-state index contributed by atoms with van der Waals surface area (Å²) < 4.78 is 33.7. The molecule has 2 atom stereocenters. The fourth-order valence-corrected chi connectivity index (χ4v) is 4.53. The minimum Gasteiger partial charge on any atom is -0.453 e. The number of hydrogen-bond donors (Lipinski definition) is 4. The van der Waals surface area contributed by atoms with Gasteiger partial charge in [-0.2, -0.15) is 14.8 Å². The van der Waals surface area contributed by atoms with Crippen LogP contribution >= 0.6 is 11.6 Å². The number of fused-ring (bicyclic) bond motifs is 1. The Hall–Kier alpha value is -3.96. The van der Waals surface area contributed by atoms with Gasteiger partial charge in [0.25, 0.3) is 6.43 Å². The summed E-state index contributed by atoms with van der Waals surface area (Å²) in [6.45, 7) is 0.370. The van der Waals surface area contributed by atoms with Crippen LogP contribution in [-0.4, -0.2) is 69.2 Å². The third kappa shape index (κ3) is 5.20. The van der Waals surface area contributed by atoms with E-state index < -0.39 is 24.7 Å². The average molecular weight is 548 g/mol. The first-order valence-electron chi connectivity index (χ1n) is 11.9. The number of ether oxygens (including phenoxy) is 1. The van der Waals surface area contributed by atoms with E-state index >= 15 is 0 Å². The highest BCUT2D eigenvalue weighted by molar-refractivity contribution is 6.36. The van der Waals surface area contributed by atoms with E-state index in [0.29, 0.717) is 24.4 Å². The number of piperidine rings is 1. The Morgan fingerprint density at radius 2 is 2.13 bits per heavy atom. The number of aliphatic hydroxyl groups excluding tert-OH is 1.